The van der Waals surface area contributed by atoms with E-state index in [0.717, 1.165) is 18.5 Å². The fourth-order valence-electron chi connectivity index (χ4n) is 1.20. The highest BCUT2D eigenvalue weighted by Crippen LogP contribution is 2.29. The van der Waals surface area contributed by atoms with Gasteiger partial charge in [-0.1, -0.05) is 0 Å². The van der Waals surface area contributed by atoms with Gasteiger partial charge in [-0.15, -0.1) is 0 Å². The van der Waals surface area contributed by atoms with Crippen molar-refractivity contribution in [2.24, 2.45) is 0 Å². The van der Waals surface area contributed by atoms with Crippen molar-refractivity contribution in [2.75, 3.05) is 6.61 Å². The highest BCUT2D eigenvalue weighted by atomic mass is 127. The van der Waals surface area contributed by atoms with E-state index in [2.05, 4.69) is 45.2 Å². The van der Waals surface area contributed by atoms with E-state index in [9.17, 15) is 0 Å². The molecule has 0 radical (unpaired) electrons. The van der Waals surface area contributed by atoms with Gasteiger partial charge in [-0.3, -0.25) is 0 Å². The first-order valence-electron chi connectivity index (χ1n) is 4.76. The number of ether oxygens (including phenoxy) is 1. The highest BCUT2D eigenvalue weighted by molar-refractivity contribution is 14.1. The average Bonchev–Trinajstić information content (AvgIpc) is 2.30. The molecule has 0 atom stereocenters. The number of nitriles is 2. The van der Waals surface area contributed by atoms with Crippen molar-refractivity contribution in [3.05, 3.63) is 30.4 Å². The minimum absolute atomic E-state index is 0.0979. The van der Waals surface area contributed by atoms with Crippen LogP contribution in [0.25, 0.3) is 6.08 Å². The Bertz CT molecular complexity index is 499. The molecule has 0 fully saturated rings. The first kappa shape index (κ1) is 14.3. The summed E-state index contributed by atoms with van der Waals surface area (Å²) >= 11 is 4.36. The zero-order valence-corrected chi connectivity index (χ0v) is 13.3. The summed E-state index contributed by atoms with van der Waals surface area (Å²) < 4.78 is 7.45. The smallest absolute Gasteiger partial charge is 0.145 e. The molecule has 17 heavy (non-hydrogen) atoms. The number of hydrogen-bond acceptors (Lipinski definition) is 3. The first-order chi connectivity index (χ1) is 8.12. The number of benzene rings is 1. The maximum atomic E-state index is 8.70. The van der Waals surface area contributed by atoms with Gasteiger partial charge in [-0.25, -0.2) is 0 Å². The largest absolute Gasteiger partial charge is 0.492 e. The van der Waals surface area contributed by atoms with Crippen LogP contribution in [-0.2, 0) is 0 Å². The van der Waals surface area contributed by atoms with Gasteiger partial charge in [-0.05, 0) is 75.9 Å². The molecule has 0 unspecified atom stereocenters. The van der Waals surface area contributed by atoms with Gasteiger partial charge in [0, 0.05) is 0 Å². The highest BCUT2D eigenvalue weighted by Gasteiger charge is 2.07. The number of allylic oxidation sites excluding steroid dienone is 1. The molecule has 0 aliphatic carbocycles. The van der Waals surface area contributed by atoms with Crippen molar-refractivity contribution < 1.29 is 4.74 Å². The lowest BCUT2D eigenvalue weighted by atomic mass is 10.1. The Morgan fingerprint density at radius 3 is 2.24 bits per heavy atom. The molecular weight excluding hydrogens is 442 g/mol. The lowest BCUT2D eigenvalue weighted by Crippen LogP contribution is -1.97. The maximum absolute atomic E-state index is 8.70. The van der Waals surface area contributed by atoms with Crippen molar-refractivity contribution in [3.63, 3.8) is 0 Å². The van der Waals surface area contributed by atoms with Crippen LogP contribution in [0.4, 0.5) is 0 Å². The van der Waals surface area contributed by atoms with Crippen LogP contribution in [0.3, 0.4) is 0 Å². The third-order valence-corrected chi connectivity index (χ3v) is 3.46. The van der Waals surface area contributed by atoms with Crippen molar-refractivity contribution in [1.82, 2.24) is 0 Å². The van der Waals surface area contributed by atoms with Gasteiger partial charge in [0.25, 0.3) is 0 Å². The van der Waals surface area contributed by atoms with Crippen LogP contribution in [0, 0.1) is 29.8 Å². The summed E-state index contributed by atoms with van der Waals surface area (Å²) in [5, 5.41) is 17.4. The van der Waals surface area contributed by atoms with Crippen LogP contribution in [0.1, 0.15) is 12.5 Å². The monoisotopic (exact) mass is 450 g/mol. The molecule has 3 nitrogen and oxygen atoms in total. The Labute approximate surface area is 127 Å². The van der Waals surface area contributed by atoms with Gasteiger partial charge < -0.3 is 4.74 Å². The van der Waals surface area contributed by atoms with E-state index < -0.39 is 0 Å². The van der Waals surface area contributed by atoms with E-state index in [4.69, 9.17) is 15.3 Å². The maximum Gasteiger partial charge on any atom is 0.145 e. The minimum Gasteiger partial charge on any atom is -0.492 e. The second-order valence-corrected chi connectivity index (χ2v) is 5.35. The molecule has 0 aliphatic rings. The summed E-state index contributed by atoms with van der Waals surface area (Å²) in [5.41, 5.74) is 0.932. The molecule has 86 valence electrons. The molecule has 1 rings (SSSR count). The van der Waals surface area contributed by atoms with Crippen molar-refractivity contribution >= 4 is 51.3 Å². The zero-order valence-electron chi connectivity index (χ0n) is 9.00. The molecule has 0 saturated carbocycles. The molecule has 0 aliphatic heterocycles. The van der Waals surface area contributed by atoms with Crippen molar-refractivity contribution in [1.29, 1.82) is 10.5 Å². The lowest BCUT2D eigenvalue weighted by molar-refractivity contribution is 0.335. The van der Waals surface area contributed by atoms with Gasteiger partial charge in [0.05, 0.1) is 13.7 Å². The third kappa shape index (κ3) is 3.86. The van der Waals surface area contributed by atoms with E-state index in [1.54, 1.807) is 6.08 Å². The Morgan fingerprint density at radius 2 is 1.82 bits per heavy atom. The van der Waals surface area contributed by atoms with Gasteiger partial charge in [-0.2, -0.15) is 10.5 Å². The van der Waals surface area contributed by atoms with E-state index in [0.29, 0.717) is 6.61 Å². The Kier molecular flexibility index (Phi) is 5.72. The van der Waals surface area contributed by atoms with Gasteiger partial charge in [0.2, 0.25) is 0 Å². The predicted octanol–water partition coefficient (Wildman–Crippen LogP) is 3.73. The van der Waals surface area contributed by atoms with Crippen LogP contribution in [0.15, 0.2) is 17.7 Å². The van der Waals surface area contributed by atoms with E-state index >= 15 is 0 Å². The predicted molar refractivity (Wildman–Crippen MR) is 82.2 cm³/mol. The number of rotatable bonds is 3. The van der Waals surface area contributed by atoms with Crippen LogP contribution >= 0.6 is 45.2 Å². The fraction of sp³-hybridized carbons (Fsp3) is 0.167. The summed E-state index contributed by atoms with van der Waals surface area (Å²) in [4.78, 5) is 0. The van der Waals surface area contributed by atoms with Gasteiger partial charge in [0.15, 0.2) is 0 Å². The SMILES string of the molecule is CCOc1c(I)cc(C=C(C#N)C#N)cc1I. The third-order valence-electron chi connectivity index (χ3n) is 1.86. The summed E-state index contributed by atoms with van der Waals surface area (Å²) in [6.07, 6.45) is 1.57. The molecule has 1 aromatic rings. The molecule has 0 spiro atoms. The Balaban J connectivity index is 3.21. The molecule has 1 aromatic carbocycles. The molecule has 0 heterocycles. The fourth-order valence-corrected chi connectivity index (χ4v) is 3.33. The Morgan fingerprint density at radius 1 is 1.29 bits per heavy atom. The lowest BCUT2D eigenvalue weighted by Gasteiger charge is -2.09. The Hall–Kier alpha value is -0.800. The molecule has 5 heteroatoms. The van der Waals surface area contributed by atoms with Crippen LogP contribution < -0.4 is 4.74 Å². The van der Waals surface area contributed by atoms with Crippen molar-refractivity contribution in [3.8, 4) is 17.9 Å². The zero-order chi connectivity index (χ0) is 12.8. The second kappa shape index (κ2) is 6.82. The summed E-state index contributed by atoms with van der Waals surface area (Å²) in [6, 6.07) is 7.47. The number of hydrogen-bond donors (Lipinski definition) is 0. The molecule has 0 saturated heterocycles. The van der Waals surface area contributed by atoms with E-state index in [1.165, 1.54) is 0 Å². The number of nitrogens with zero attached hydrogens (tertiary/aromatic N) is 2. The quantitative estimate of drug-likeness (QED) is 0.522. The molecular formula is C12H8I2N2O. The second-order valence-electron chi connectivity index (χ2n) is 3.03. The number of halogens is 2. The molecule has 0 amide bonds. The summed E-state index contributed by atoms with van der Waals surface area (Å²) in [6.45, 7) is 2.55. The van der Waals surface area contributed by atoms with Crippen molar-refractivity contribution in [2.45, 2.75) is 6.92 Å². The van der Waals surface area contributed by atoms with Crippen LogP contribution in [0.5, 0.6) is 5.75 Å². The summed E-state index contributed by atoms with van der Waals surface area (Å²) in [7, 11) is 0. The van der Waals surface area contributed by atoms with E-state index in [-0.39, 0.29) is 5.57 Å². The minimum atomic E-state index is 0.0979. The van der Waals surface area contributed by atoms with Gasteiger partial charge >= 0.3 is 0 Å². The molecule has 0 N–H and O–H groups in total. The molecule has 0 bridgehead atoms. The molecule has 0 aromatic heterocycles. The van der Waals surface area contributed by atoms with Crippen LogP contribution in [-0.4, -0.2) is 6.61 Å². The van der Waals surface area contributed by atoms with Gasteiger partial charge in [0.1, 0.15) is 23.5 Å². The normalized spacial score (nSPS) is 9.00. The standard InChI is InChI=1S/C12H8I2N2O/c1-2-17-12-10(13)4-8(5-11(12)14)3-9(6-15)7-16/h3-5H,2H2,1H3. The van der Waals surface area contributed by atoms with Crippen LogP contribution in [0.2, 0.25) is 0 Å². The summed E-state index contributed by atoms with van der Waals surface area (Å²) in [5.74, 6) is 0.848. The average molecular weight is 450 g/mol. The first-order valence-corrected chi connectivity index (χ1v) is 6.91. The van der Waals surface area contributed by atoms with E-state index in [1.807, 2.05) is 31.2 Å². The topological polar surface area (TPSA) is 56.8 Å².